The van der Waals surface area contributed by atoms with E-state index >= 15 is 0 Å². The van der Waals surface area contributed by atoms with E-state index in [1.165, 1.54) is 18.5 Å². The Morgan fingerprint density at radius 1 is 1.35 bits per heavy atom. The molecule has 2 atom stereocenters. The summed E-state index contributed by atoms with van der Waals surface area (Å²) in [5, 5.41) is 3.59. The summed E-state index contributed by atoms with van der Waals surface area (Å²) in [5.41, 5.74) is 1.43. The Balaban J connectivity index is 1.59. The normalized spacial score (nSPS) is 21.1. The largest absolute Gasteiger partial charge is 0.313 e. The van der Waals surface area contributed by atoms with Crippen LogP contribution in [0.2, 0.25) is 0 Å². The maximum absolute atomic E-state index is 11.0. The van der Waals surface area contributed by atoms with Gasteiger partial charge in [0.1, 0.15) is 0 Å². The van der Waals surface area contributed by atoms with Crippen molar-refractivity contribution in [3.05, 3.63) is 35.9 Å². The zero-order chi connectivity index (χ0) is 14.2. The number of nitrogens with one attached hydrogen (secondary N) is 1. The van der Waals surface area contributed by atoms with Crippen molar-refractivity contribution in [1.82, 2.24) is 10.2 Å². The highest BCUT2D eigenvalue weighted by atomic mass is 32.2. The molecule has 1 aromatic rings. The summed E-state index contributed by atoms with van der Waals surface area (Å²) in [6, 6.07) is 11.3. The lowest BCUT2D eigenvalue weighted by Crippen LogP contribution is -2.34. The molecule has 2 rings (SSSR count). The molecule has 1 heterocycles. The Kier molecular flexibility index (Phi) is 6.70. The average Bonchev–Trinajstić information content (AvgIpc) is 2.90. The van der Waals surface area contributed by atoms with E-state index in [4.69, 9.17) is 0 Å². The molecule has 112 valence electrons. The summed E-state index contributed by atoms with van der Waals surface area (Å²) < 4.78 is 11.0. The van der Waals surface area contributed by atoms with Gasteiger partial charge in [0.15, 0.2) is 0 Å². The topological polar surface area (TPSA) is 32.3 Å². The van der Waals surface area contributed by atoms with Crippen LogP contribution in [0.4, 0.5) is 0 Å². The zero-order valence-electron chi connectivity index (χ0n) is 12.4. The molecule has 0 amide bonds. The van der Waals surface area contributed by atoms with E-state index in [0.717, 1.165) is 38.2 Å². The van der Waals surface area contributed by atoms with Gasteiger partial charge >= 0.3 is 0 Å². The molecular weight excluding hydrogens is 268 g/mol. The van der Waals surface area contributed by atoms with Crippen LogP contribution in [0.5, 0.6) is 0 Å². The van der Waals surface area contributed by atoms with E-state index in [-0.39, 0.29) is 0 Å². The summed E-state index contributed by atoms with van der Waals surface area (Å²) in [6.07, 6.45) is 5.18. The van der Waals surface area contributed by atoms with Crippen molar-refractivity contribution in [1.29, 1.82) is 0 Å². The predicted octanol–water partition coefficient (Wildman–Crippen LogP) is 1.66. The van der Waals surface area contributed by atoms with E-state index in [0.29, 0.717) is 6.04 Å². The van der Waals surface area contributed by atoms with Crippen LogP contribution in [-0.2, 0) is 17.2 Å². The minimum atomic E-state index is -0.650. The van der Waals surface area contributed by atoms with Gasteiger partial charge in [0.05, 0.1) is 0 Å². The Morgan fingerprint density at radius 2 is 2.15 bits per heavy atom. The maximum atomic E-state index is 11.0. The molecule has 0 aromatic heterocycles. The Hall–Kier alpha value is -0.710. The third-order valence-corrected chi connectivity index (χ3v) is 4.74. The summed E-state index contributed by atoms with van der Waals surface area (Å²) in [6.45, 7) is 4.50. The molecule has 0 radical (unpaired) electrons. The standard InChI is InChI=1S/C16H26N2OS/c1-20(19)13-5-10-17-16-9-12-18(14-16)11-8-15-6-3-2-4-7-15/h2-4,6-7,16-17H,5,8-14H2,1H3. The molecule has 0 spiro atoms. The second-order valence-corrected chi connectivity index (χ2v) is 7.16. The highest BCUT2D eigenvalue weighted by Gasteiger charge is 2.21. The highest BCUT2D eigenvalue weighted by Crippen LogP contribution is 2.10. The van der Waals surface area contributed by atoms with Crippen LogP contribution in [-0.4, -0.2) is 53.3 Å². The van der Waals surface area contributed by atoms with Crippen molar-refractivity contribution in [2.24, 2.45) is 0 Å². The smallest absolute Gasteiger partial charge is 0.0244 e. The van der Waals surface area contributed by atoms with Gasteiger partial charge < -0.3 is 10.2 Å². The lowest BCUT2D eigenvalue weighted by atomic mass is 10.1. The first kappa shape index (κ1) is 15.7. The van der Waals surface area contributed by atoms with Gasteiger partial charge in [-0.05, 0) is 37.9 Å². The molecule has 20 heavy (non-hydrogen) atoms. The minimum Gasteiger partial charge on any atom is -0.313 e. The molecule has 1 aliphatic heterocycles. The van der Waals surface area contributed by atoms with Gasteiger partial charge in [-0.15, -0.1) is 0 Å². The molecule has 4 heteroatoms. The molecule has 1 aromatic carbocycles. The van der Waals surface area contributed by atoms with Crippen LogP contribution in [0.3, 0.4) is 0 Å². The second-order valence-electron chi connectivity index (χ2n) is 5.61. The van der Waals surface area contributed by atoms with Crippen molar-refractivity contribution >= 4 is 10.8 Å². The number of hydrogen-bond acceptors (Lipinski definition) is 3. The van der Waals surface area contributed by atoms with E-state index < -0.39 is 10.8 Å². The van der Waals surface area contributed by atoms with Gasteiger partial charge in [0.25, 0.3) is 0 Å². The second kappa shape index (κ2) is 8.55. The first-order chi connectivity index (χ1) is 9.74. The average molecular weight is 294 g/mol. The van der Waals surface area contributed by atoms with E-state index in [9.17, 15) is 4.21 Å². The summed E-state index contributed by atoms with van der Waals surface area (Å²) in [4.78, 5) is 2.54. The van der Waals surface area contributed by atoms with Crippen LogP contribution in [0, 0.1) is 0 Å². The van der Waals surface area contributed by atoms with Crippen LogP contribution >= 0.6 is 0 Å². The van der Waals surface area contributed by atoms with Crippen LogP contribution in [0.15, 0.2) is 30.3 Å². The molecular formula is C16H26N2OS. The summed E-state index contributed by atoms with van der Waals surface area (Å²) >= 11 is 0. The molecule has 3 nitrogen and oxygen atoms in total. The molecule has 1 N–H and O–H groups in total. The van der Waals surface area contributed by atoms with Crippen LogP contribution in [0.1, 0.15) is 18.4 Å². The van der Waals surface area contributed by atoms with Crippen molar-refractivity contribution in [3.63, 3.8) is 0 Å². The quantitative estimate of drug-likeness (QED) is 0.740. The molecule has 0 saturated carbocycles. The SMILES string of the molecule is CS(=O)CCCNC1CCN(CCc2ccccc2)C1. The first-order valence-electron chi connectivity index (χ1n) is 7.54. The fourth-order valence-corrected chi connectivity index (χ4v) is 3.27. The van der Waals surface area contributed by atoms with Crippen molar-refractivity contribution < 1.29 is 4.21 Å². The van der Waals surface area contributed by atoms with E-state index in [1.807, 2.05) is 0 Å². The predicted molar refractivity (Wildman–Crippen MR) is 86.5 cm³/mol. The lowest BCUT2D eigenvalue weighted by Gasteiger charge is -2.16. The van der Waals surface area contributed by atoms with Crippen molar-refractivity contribution in [2.45, 2.75) is 25.3 Å². The van der Waals surface area contributed by atoms with Crippen molar-refractivity contribution in [3.8, 4) is 0 Å². The van der Waals surface area contributed by atoms with Crippen LogP contribution in [0.25, 0.3) is 0 Å². The third-order valence-electron chi connectivity index (χ3n) is 3.87. The van der Waals surface area contributed by atoms with Crippen molar-refractivity contribution in [2.75, 3.05) is 38.2 Å². The van der Waals surface area contributed by atoms with Gasteiger partial charge in [0, 0.05) is 41.9 Å². The molecule has 1 fully saturated rings. The molecule has 2 unspecified atom stereocenters. The number of rotatable bonds is 8. The molecule has 1 saturated heterocycles. The minimum absolute atomic E-state index is 0.621. The number of benzene rings is 1. The molecule has 0 bridgehead atoms. The summed E-state index contributed by atoms with van der Waals surface area (Å²) in [5.74, 6) is 0.817. The fourth-order valence-electron chi connectivity index (χ4n) is 2.72. The van der Waals surface area contributed by atoms with Gasteiger partial charge in [-0.1, -0.05) is 30.3 Å². The van der Waals surface area contributed by atoms with Gasteiger partial charge in [-0.3, -0.25) is 4.21 Å². The number of nitrogens with zero attached hydrogens (tertiary/aromatic N) is 1. The molecule has 1 aliphatic rings. The lowest BCUT2D eigenvalue weighted by molar-refractivity contribution is 0.332. The van der Waals surface area contributed by atoms with Crippen LogP contribution < -0.4 is 5.32 Å². The zero-order valence-corrected chi connectivity index (χ0v) is 13.2. The number of likely N-dealkylation sites (tertiary alicyclic amines) is 1. The maximum Gasteiger partial charge on any atom is 0.0244 e. The first-order valence-corrected chi connectivity index (χ1v) is 9.26. The number of hydrogen-bond donors (Lipinski definition) is 1. The van der Waals surface area contributed by atoms with Gasteiger partial charge in [0.2, 0.25) is 0 Å². The van der Waals surface area contributed by atoms with E-state index in [1.54, 1.807) is 6.26 Å². The monoisotopic (exact) mass is 294 g/mol. The molecule has 0 aliphatic carbocycles. The summed E-state index contributed by atoms with van der Waals surface area (Å²) in [7, 11) is -0.650. The fraction of sp³-hybridized carbons (Fsp3) is 0.625. The van der Waals surface area contributed by atoms with E-state index in [2.05, 4.69) is 40.5 Å². The Morgan fingerprint density at radius 3 is 2.90 bits per heavy atom. The Bertz CT molecular complexity index is 410. The highest BCUT2D eigenvalue weighted by molar-refractivity contribution is 7.84. The van der Waals surface area contributed by atoms with Gasteiger partial charge in [-0.25, -0.2) is 0 Å². The third kappa shape index (κ3) is 5.73. The Labute approximate surface area is 125 Å². The van der Waals surface area contributed by atoms with Gasteiger partial charge in [-0.2, -0.15) is 0 Å².